The lowest BCUT2D eigenvalue weighted by molar-refractivity contribution is -0.157. The number of carbonyl (C=O) groups excluding carboxylic acids is 3. The number of hydrogen-bond acceptors (Lipinski definition) is 6. The van der Waals surface area contributed by atoms with Crippen molar-refractivity contribution in [2.24, 2.45) is 11.8 Å². The summed E-state index contributed by atoms with van der Waals surface area (Å²) in [7, 11) is 0. The highest BCUT2D eigenvalue weighted by molar-refractivity contribution is 5.99. The first-order chi connectivity index (χ1) is 14.9. The van der Waals surface area contributed by atoms with Gasteiger partial charge in [-0.05, 0) is 32.3 Å². The molecule has 4 aliphatic heterocycles. The van der Waals surface area contributed by atoms with Crippen molar-refractivity contribution in [3.63, 3.8) is 0 Å². The molecule has 1 spiro atoms. The van der Waals surface area contributed by atoms with Gasteiger partial charge >= 0.3 is 5.97 Å². The van der Waals surface area contributed by atoms with E-state index in [0.717, 1.165) is 12.8 Å². The maximum Gasteiger partial charge on any atom is 0.313 e. The molecule has 4 rings (SSSR count). The predicted molar refractivity (Wildman–Crippen MR) is 112 cm³/mol. The normalized spacial score (nSPS) is 36.7. The van der Waals surface area contributed by atoms with E-state index in [9.17, 15) is 19.5 Å². The van der Waals surface area contributed by atoms with E-state index >= 15 is 0 Å². The molecule has 1 unspecified atom stereocenters. The molecule has 170 valence electrons. The van der Waals surface area contributed by atoms with Gasteiger partial charge in [-0.25, -0.2) is 0 Å². The molecule has 0 aromatic carbocycles. The lowest BCUT2D eigenvalue weighted by Crippen LogP contribution is -2.56. The Morgan fingerprint density at radius 1 is 1.06 bits per heavy atom. The van der Waals surface area contributed by atoms with E-state index in [2.05, 4.69) is 6.92 Å². The minimum atomic E-state index is -1.21. The Hall–Kier alpha value is -2.19. The maximum atomic E-state index is 13.7. The van der Waals surface area contributed by atoms with Crippen molar-refractivity contribution in [2.75, 3.05) is 32.8 Å². The molecule has 0 bridgehead atoms. The number of unbranched alkanes of at least 4 members (excludes halogenated alkanes) is 2. The summed E-state index contributed by atoms with van der Waals surface area (Å²) < 4.78 is 11.9. The molecule has 0 saturated carbocycles. The summed E-state index contributed by atoms with van der Waals surface area (Å²) in [5, 5.41) is 9.21. The number of likely N-dealkylation sites (tertiary alicyclic amines) is 1. The van der Waals surface area contributed by atoms with E-state index in [0.29, 0.717) is 32.5 Å². The zero-order valence-corrected chi connectivity index (χ0v) is 18.3. The van der Waals surface area contributed by atoms with E-state index in [4.69, 9.17) is 9.47 Å². The number of esters is 1. The zero-order valence-electron chi connectivity index (χ0n) is 18.3. The fraction of sp³-hybridized carbons (Fsp3) is 0.696. The first-order valence-corrected chi connectivity index (χ1v) is 11.3. The molecule has 8 nitrogen and oxygen atoms in total. The Morgan fingerprint density at radius 2 is 1.87 bits per heavy atom. The Kier molecular flexibility index (Phi) is 5.96. The summed E-state index contributed by atoms with van der Waals surface area (Å²) in [5.41, 5.74) is -2.24. The van der Waals surface area contributed by atoms with Crippen molar-refractivity contribution in [2.45, 2.75) is 56.8 Å². The topological polar surface area (TPSA) is 96.4 Å². The van der Waals surface area contributed by atoms with Crippen LogP contribution in [0.15, 0.2) is 24.3 Å². The Bertz CT molecular complexity index is 810. The van der Waals surface area contributed by atoms with E-state index < -0.39 is 35.0 Å². The van der Waals surface area contributed by atoms with Crippen LogP contribution in [0.1, 0.15) is 39.5 Å². The van der Waals surface area contributed by atoms with Crippen molar-refractivity contribution in [3.8, 4) is 0 Å². The van der Waals surface area contributed by atoms with Crippen LogP contribution in [0.25, 0.3) is 0 Å². The van der Waals surface area contributed by atoms with Gasteiger partial charge in [0, 0.05) is 26.2 Å². The van der Waals surface area contributed by atoms with Gasteiger partial charge in [-0.15, -0.1) is 0 Å². The quantitative estimate of drug-likeness (QED) is 0.367. The van der Waals surface area contributed by atoms with Crippen LogP contribution in [0.2, 0.25) is 0 Å². The van der Waals surface area contributed by atoms with E-state index in [1.807, 2.05) is 12.2 Å². The van der Waals surface area contributed by atoms with E-state index in [1.54, 1.807) is 28.9 Å². The number of aliphatic hydroxyl groups excluding tert-OH is 1. The molecular formula is C23H32N2O6. The third-order valence-corrected chi connectivity index (χ3v) is 6.98. The minimum absolute atomic E-state index is 0.0199. The Morgan fingerprint density at radius 3 is 2.61 bits per heavy atom. The number of carbonyl (C=O) groups is 3. The summed E-state index contributed by atoms with van der Waals surface area (Å²) in [4.78, 5) is 43.8. The molecule has 0 radical (unpaired) electrons. The molecule has 2 fully saturated rings. The SMILES string of the molecule is CCCCN1CC=C[C@]23O[C@@]4(C)C=CCOC(=O)[C@H]4[C@H]2C(=O)N(CCCCO)C3C1=O. The number of fused-ring (bicyclic) bond motifs is 2. The Balaban J connectivity index is 1.78. The van der Waals surface area contributed by atoms with Gasteiger partial charge < -0.3 is 24.4 Å². The number of rotatable bonds is 7. The fourth-order valence-corrected chi connectivity index (χ4v) is 5.59. The van der Waals surface area contributed by atoms with Crippen molar-refractivity contribution < 1.29 is 29.0 Å². The van der Waals surface area contributed by atoms with Crippen LogP contribution in [0, 0.1) is 11.8 Å². The summed E-state index contributed by atoms with van der Waals surface area (Å²) >= 11 is 0. The van der Waals surface area contributed by atoms with Crippen LogP contribution < -0.4 is 0 Å². The van der Waals surface area contributed by atoms with Gasteiger partial charge in [0.2, 0.25) is 11.8 Å². The van der Waals surface area contributed by atoms with E-state index in [-0.39, 0.29) is 25.0 Å². The molecule has 8 heteroatoms. The summed E-state index contributed by atoms with van der Waals surface area (Å²) in [5.74, 6) is -2.50. The van der Waals surface area contributed by atoms with Crippen LogP contribution in [0.5, 0.6) is 0 Å². The van der Waals surface area contributed by atoms with Gasteiger partial charge in [0.15, 0.2) is 0 Å². The summed E-state index contributed by atoms with van der Waals surface area (Å²) in [6, 6.07) is -0.829. The zero-order chi connectivity index (χ0) is 22.2. The molecule has 4 aliphatic rings. The predicted octanol–water partition coefficient (Wildman–Crippen LogP) is 1.04. The first-order valence-electron chi connectivity index (χ1n) is 11.3. The van der Waals surface area contributed by atoms with E-state index in [1.165, 1.54) is 0 Å². The third-order valence-electron chi connectivity index (χ3n) is 6.98. The third kappa shape index (κ3) is 3.40. The van der Waals surface area contributed by atoms with Crippen LogP contribution in [-0.2, 0) is 23.9 Å². The highest BCUT2D eigenvalue weighted by Crippen LogP contribution is 2.57. The molecule has 2 saturated heterocycles. The minimum Gasteiger partial charge on any atom is -0.461 e. The maximum absolute atomic E-state index is 13.7. The number of hydrogen-bond donors (Lipinski definition) is 1. The lowest BCUT2D eigenvalue weighted by Gasteiger charge is -2.37. The summed E-state index contributed by atoms with van der Waals surface area (Å²) in [6.07, 6.45) is 10.2. The molecule has 1 N–H and O–H groups in total. The molecule has 0 aliphatic carbocycles. The fourth-order valence-electron chi connectivity index (χ4n) is 5.59. The molecule has 0 aromatic heterocycles. The van der Waals surface area contributed by atoms with Gasteiger partial charge in [0.25, 0.3) is 0 Å². The van der Waals surface area contributed by atoms with Crippen LogP contribution >= 0.6 is 0 Å². The highest BCUT2D eigenvalue weighted by atomic mass is 16.6. The van der Waals surface area contributed by atoms with Crippen molar-refractivity contribution in [1.82, 2.24) is 9.80 Å². The first kappa shape index (κ1) is 22.0. The molecule has 4 heterocycles. The second kappa shape index (κ2) is 8.39. The van der Waals surface area contributed by atoms with Gasteiger partial charge in [-0.3, -0.25) is 14.4 Å². The number of ether oxygens (including phenoxy) is 2. The van der Waals surface area contributed by atoms with Crippen molar-refractivity contribution in [3.05, 3.63) is 24.3 Å². The number of amides is 2. The lowest BCUT2D eigenvalue weighted by atomic mass is 9.75. The van der Waals surface area contributed by atoms with Gasteiger partial charge in [0.1, 0.15) is 24.2 Å². The second-order valence-electron chi connectivity index (χ2n) is 9.03. The van der Waals surface area contributed by atoms with Gasteiger partial charge in [-0.1, -0.05) is 31.6 Å². The van der Waals surface area contributed by atoms with Crippen molar-refractivity contribution in [1.29, 1.82) is 0 Å². The van der Waals surface area contributed by atoms with Crippen LogP contribution in [0.4, 0.5) is 0 Å². The summed E-state index contributed by atoms with van der Waals surface area (Å²) in [6.45, 7) is 5.43. The second-order valence-corrected chi connectivity index (χ2v) is 9.03. The van der Waals surface area contributed by atoms with Crippen LogP contribution in [-0.4, -0.2) is 82.8 Å². The van der Waals surface area contributed by atoms with Crippen molar-refractivity contribution >= 4 is 17.8 Å². The smallest absolute Gasteiger partial charge is 0.313 e. The number of nitrogens with zero attached hydrogens (tertiary/aromatic N) is 2. The monoisotopic (exact) mass is 432 g/mol. The average molecular weight is 433 g/mol. The number of aliphatic hydroxyl groups is 1. The molecular weight excluding hydrogens is 400 g/mol. The Labute approximate surface area is 182 Å². The molecule has 2 amide bonds. The standard InChI is InChI=1S/C23H32N2O6/c1-3-4-11-24-12-7-10-23-16(17-21(29)30-15-8-9-22(17,2)31-23)19(27)25(13-5-6-14-26)18(23)20(24)28/h7-10,16-18,26H,3-6,11-15H2,1-2H3/t16-,17+,18?,22-,23-/m0/s1. The van der Waals surface area contributed by atoms with Gasteiger partial charge in [0.05, 0.1) is 11.5 Å². The molecule has 31 heavy (non-hydrogen) atoms. The highest BCUT2D eigenvalue weighted by Gasteiger charge is 2.74. The number of cyclic esters (lactones) is 1. The average Bonchev–Trinajstić information content (AvgIpc) is 2.99. The largest absolute Gasteiger partial charge is 0.461 e. The molecule has 0 aromatic rings. The van der Waals surface area contributed by atoms with Crippen LogP contribution in [0.3, 0.4) is 0 Å². The van der Waals surface area contributed by atoms with Gasteiger partial charge in [-0.2, -0.15) is 0 Å². The molecule has 5 atom stereocenters.